The summed E-state index contributed by atoms with van der Waals surface area (Å²) in [5.41, 5.74) is 1.22. The molecule has 0 spiro atoms. The fourth-order valence-corrected chi connectivity index (χ4v) is 2.70. The SMILES string of the molecule is C=C(F)C([SiH3])(CCCC)Cc1ccccc1. The maximum Gasteiger partial charge on any atom is 0.0955 e. The highest BCUT2D eigenvalue weighted by Gasteiger charge is 2.27. The summed E-state index contributed by atoms with van der Waals surface area (Å²) in [6.45, 7) is 5.69. The third-order valence-electron chi connectivity index (χ3n) is 3.17. The van der Waals surface area contributed by atoms with Gasteiger partial charge in [-0.3, -0.25) is 0 Å². The van der Waals surface area contributed by atoms with E-state index in [2.05, 4.69) is 25.6 Å². The Bertz CT molecular complexity index is 334. The van der Waals surface area contributed by atoms with Gasteiger partial charge in [-0.2, -0.15) is 0 Å². The van der Waals surface area contributed by atoms with Crippen LogP contribution in [-0.4, -0.2) is 10.2 Å². The highest BCUT2D eigenvalue weighted by Crippen LogP contribution is 2.40. The van der Waals surface area contributed by atoms with Gasteiger partial charge in [0.05, 0.1) is 5.83 Å². The summed E-state index contributed by atoms with van der Waals surface area (Å²) in [5.74, 6) is -0.128. The fraction of sp³-hybridized carbons (Fsp3) is 0.429. The molecule has 0 saturated carbocycles. The monoisotopic (exact) mass is 236 g/mol. The predicted octanol–water partition coefficient (Wildman–Crippen LogP) is 3.43. The molecule has 16 heavy (non-hydrogen) atoms. The number of unbranched alkanes of at least 4 members (excludes halogenated alkanes) is 1. The van der Waals surface area contributed by atoms with Crippen LogP contribution in [0.25, 0.3) is 0 Å². The van der Waals surface area contributed by atoms with Crippen molar-refractivity contribution in [2.24, 2.45) is 0 Å². The van der Waals surface area contributed by atoms with Crippen molar-refractivity contribution in [2.75, 3.05) is 0 Å². The van der Waals surface area contributed by atoms with Crippen molar-refractivity contribution in [3.05, 3.63) is 48.3 Å². The van der Waals surface area contributed by atoms with E-state index in [1.165, 1.54) is 5.56 Å². The molecule has 0 saturated heterocycles. The summed E-state index contributed by atoms with van der Waals surface area (Å²) < 4.78 is 13.6. The number of benzene rings is 1. The molecule has 1 aromatic carbocycles. The van der Waals surface area contributed by atoms with Crippen LogP contribution < -0.4 is 0 Å². The van der Waals surface area contributed by atoms with Crippen molar-refractivity contribution < 1.29 is 4.39 Å². The molecule has 1 rings (SSSR count). The lowest BCUT2D eigenvalue weighted by atomic mass is 9.92. The number of hydrogen-bond donors (Lipinski definition) is 0. The number of rotatable bonds is 6. The summed E-state index contributed by atoms with van der Waals surface area (Å²) in [6, 6.07) is 10.2. The molecule has 0 heterocycles. The Kier molecular flexibility index (Phi) is 4.94. The van der Waals surface area contributed by atoms with E-state index < -0.39 is 0 Å². The summed E-state index contributed by atoms with van der Waals surface area (Å²) in [4.78, 5) is 0. The first kappa shape index (κ1) is 13.2. The van der Waals surface area contributed by atoms with Gasteiger partial charge >= 0.3 is 0 Å². The molecule has 1 aromatic rings. The first-order chi connectivity index (χ1) is 7.58. The third kappa shape index (κ3) is 3.60. The molecule has 2 heteroatoms. The normalized spacial score (nSPS) is 14.6. The first-order valence-electron chi connectivity index (χ1n) is 5.97. The van der Waals surface area contributed by atoms with Crippen molar-refractivity contribution in [3.8, 4) is 0 Å². The minimum atomic E-state index is -0.267. The molecule has 88 valence electrons. The molecule has 0 nitrogen and oxygen atoms in total. The van der Waals surface area contributed by atoms with E-state index in [0.717, 1.165) is 35.9 Å². The van der Waals surface area contributed by atoms with Crippen LogP contribution in [0, 0.1) is 0 Å². The van der Waals surface area contributed by atoms with E-state index >= 15 is 0 Å². The van der Waals surface area contributed by atoms with Crippen LogP contribution in [0.2, 0.25) is 5.04 Å². The molecule has 0 bridgehead atoms. The first-order valence-corrected chi connectivity index (χ1v) is 6.97. The molecular formula is C14H21FSi. The quantitative estimate of drug-likeness (QED) is 0.664. The Hall–Kier alpha value is -0.893. The smallest absolute Gasteiger partial charge is 0.0955 e. The van der Waals surface area contributed by atoms with Crippen LogP contribution in [-0.2, 0) is 6.42 Å². The lowest BCUT2D eigenvalue weighted by Crippen LogP contribution is -2.17. The van der Waals surface area contributed by atoms with Gasteiger partial charge in [-0.1, -0.05) is 56.7 Å². The molecule has 0 aliphatic rings. The highest BCUT2D eigenvalue weighted by atomic mass is 28.1. The van der Waals surface area contributed by atoms with Gasteiger partial charge in [0.25, 0.3) is 0 Å². The molecule has 0 aromatic heterocycles. The minimum absolute atomic E-state index is 0.128. The average molecular weight is 236 g/mol. The molecular weight excluding hydrogens is 215 g/mol. The summed E-state index contributed by atoms with van der Waals surface area (Å²) in [6.07, 6.45) is 3.93. The molecule has 1 atom stereocenters. The molecule has 0 aliphatic carbocycles. The van der Waals surface area contributed by atoms with Crippen molar-refractivity contribution >= 4 is 10.2 Å². The van der Waals surface area contributed by atoms with Crippen LogP contribution >= 0.6 is 0 Å². The summed E-state index contributed by atoms with van der Waals surface area (Å²) in [7, 11) is 0.827. The van der Waals surface area contributed by atoms with Crippen LogP contribution in [0.3, 0.4) is 0 Å². The molecule has 0 N–H and O–H groups in total. The fourth-order valence-electron chi connectivity index (χ4n) is 1.93. The van der Waals surface area contributed by atoms with Crippen LogP contribution in [0.4, 0.5) is 4.39 Å². The summed E-state index contributed by atoms with van der Waals surface area (Å²) >= 11 is 0. The number of hydrogen-bond acceptors (Lipinski definition) is 0. The zero-order valence-electron chi connectivity index (χ0n) is 10.3. The van der Waals surface area contributed by atoms with Gasteiger partial charge in [-0.05, 0) is 18.4 Å². The Morgan fingerprint density at radius 3 is 2.50 bits per heavy atom. The molecule has 0 amide bonds. The third-order valence-corrected chi connectivity index (χ3v) is 4.57. The zero-order valence-corrected chi connectivity index (χ0v) is 12.3. The number of halogens is 1. The van der Waals surface area contributed by atoms with E-state index in [1.807, 2.05) is 18.2 Å². The van der Waals surface area contributed by atoms with E-state index in [-0.39, 0.29) is 10.9 Å². The Labute approximate surface area is 101 Å². The van der Waals surface area contributed by atoms with Crippen LogP contribution in [0.15, 0.2) is 42.7 Å². The van der Waals surface area contributed by atoms with Crippen molar-refractivity contribution in [1.29, 1.82) is 0 Å². The number of allylic oxidation sites excluding steroid dienone is 1. The van der Waals surface area contributed by atoms with E-state index in [4.69, 9.17) is 0 Å². The second kappa shape index (κ2) is 5.99. The Morgan fingerprint density at radius 1 is 1.38 bits per heavy atom. The van der Waals surface area contributed by atoms with E-state index in [1.54, 1.807) is 0 Å². The van der Waals surface area contributed by atoms with Crippen molar-refractivity contribution in [2.45, 2.75) is 37.6 Å². The van der Waals surface area contributed by atoms with Gasteiger partial charge in [-0.25, -0.2) is 4.39 Å². The van der Waals surface area contributed by atoms with Crippen molar-refractivity contribution in [3.63, 3.8) is 0 Å². The van der Waals surface area contributed by atoms with Gasteiger partial charge in [0, 0.05) is 15.3 Å². The molecule has 0 radical (unpaired) electrons. The Morgan fingerprint density at radius 2 is 2.00 bits per heavy atom. The lowest BCUT2D eigenvalue weighted by molar-refractivity contribution is 0.446. The Balaban J connectivity index is 2.75. The maximum atomic E-state index is 13.6. The summed E-state index contributed by atoms with van der Waals surface area (Å²) in [5, 5.41) is -0.267. The van der Waals surface area contributed by atoms with Crippen LogP contribution in [0.5, 0.6) is 0 Å². The van der Waals surface area contributed by atoms with Gasteiger partial charge in [-0.15, -0.1) is 0 Å². The average Bonchev–Trinajstić information content (AvgIpc) is 2.27. The second-order valence-electron chi connectivity index (χ2n) is 4.73. The van der Waals surface area contributed by atoms with Crippen LogP contribution in [0.1, 0.15) is 31.7 Å². The standard InChI is InChI=1S/C14H21FSi/c1-3-4-10-14(16,12(2)15)11-13-8-6-5-7-9-13/h5-9H,2-4,10-11H2,1,16H3. The molecule has 0 fully saturated rings. The van der Waals surface area contributed by atoms with E-state index in [0.29, 0.717) is 0 Å². The predicted molar refractivity (Wildman–Crippen MR) is 72.6 cm³/mol. The van der Waals surface area contributed by atoms with Gasteiger partial charge < -0.3 is 0 Å². The van der Waals surface area contributed by atoms with Gasteiger partial charge in [0.2, 0.25) is 0 Å². The largest absolute Gasteiger partial charge is 0.212 e. The van der Waals surface area contributed by atoms with Gasteiger partial charge in [0.1, 0.15) is 0 Å². The zero-order chi connectivity index (χ0) is 12.0. The molecule has 1 unspecified atom stereocenters. The minimum Gasteiger partial charge on any atom is -0.212 e. The molecule has 0 aliphatic heterocycles. The topological polar surface area (TPSA) is 0 Å². The van der Waals surface area contributed by atoms with Crippen molar-refractivity contribution in [1.82, 2.24) is 0 Å². The highest BCUT2D eigenvalue weighted by molar-refractivity contribution is 6.17. The lowest BCUT2D eigenvalue weighted by Gasteiger charge is -2.27. The van der Waals surface area contributed by atoms with E-state index in [9.17, 15) is 4.39 Å². The van der Waals surface area contributed by atoms with Gasteiger partial charge in [0.15, 0.2) is 0 Å². The maximum absolute atomic E-state index is 13.6. The second-order valence-corrected chi connectivity index (χ2v) is 6.65.